The van der Waals surface area contributed by atoms with Crippen molar-refractivity contribution in [3.8, 4) is 0 Å². The van der Waals surface area contributed by atoms with Crippen molar-refractivity contribution in [2.45, 2.75) is 67.2 Å². The molecule has 0 aromatic heterocycles. The number of allylic oxidation sites excluding steroid dienone is 2. The van der Waals surface area contributed by atoms with E-state index in [-0.39, 0.29) is 0 Å². The number of halogens is 2. The Morgan fingerprint density at radius 2 is 1.75 bits per heavy atom. The maximum absolute atomic E-state index is 6.55. The van der Waals surface area contributed by atoms with Crippen molar-refractivity contribution in [2.24, 2.45) is 5.41 Å². The van der Waals surface area contributed by atoms with Crippen molar-refractivity contribution in [2.75, 3.05) is 0 Å². The summed E-state index contributed by atoms with van der Waals surface area (Å²) in [6.07, 6.45) is 4.27. The van der Waals surface area contributed by atoms with Crippen LogP contribution < -0.4 is 0 Å². The molecule has 0 aliphatic carbocycles. The third-order valence-corrected chi connectivity index (χ3v) is 6.12. The molecule has 0 bridgehead atoms. The van der Waals surface area contributed by atoms with Crippen LogP contribution in [0.5, 0.6) is 0 Å². The van der Waals surface area contributed by atoms with Gasteiger partial charge in [0.2, 0.25) is 0 Å². The van der Waals surface area contributed by atoms with E-state index in [0.717, 1.165) is 30.4 Å². The van der Waals surface area contributed by atoms with Crippen LogP contribution in [0, 0.1) is 5.41 Å². The molecule has 1 rings (SSSR count). The van der Waals surface area contributed by atoms with Gasteiger partial charge in [-0.25, -0.2) is 0 Å². The minimum absolute atomic E-state index is 0.372. The SMILES string of the molecule is C=C(CCCC(C)(C)C)SC(=C(C)C)c1ccc(CC)c(Cl)c1Cl. The molecule has 0 N–H and O–H groups in total. The molecule has 0 amide bonds. The van der Waals surface area contributed by atoms with Crippen LogP contribution in [0.25, 0.3) is 4.91 Å². The van der Waals surface area contributed by atoms with Crippen LogP contribution in [0.4, 0.5) is 0 Å². The fourth-order valence-electron chi connectivity index (χ4n) is 2.48. The first-order chi connectivity index (χ1) is 11.1. The summed E-state index contributed by atoms with van der Waals surface area (Å²) < 4.78 is 0. The Morgan fingerprint density at radius 1 is 1.12 bits per heavy atom. The van der Waals surface area contributed by atoms with Crippen molar-refractivity contribution in [3.05, 3.63) is 50.4 Å². The Hall–Kier alpha value is -0.370. The molecule has 0 saturated heterocycles. The molecule has 1 aromatic rings. The van der Waals surface area contributed by atoms with E-state index in [1.807, 2.05) is 0 Å². The Kier molecular flexibility index (Phi) is 8.45. The Labute approximate surface area is 162 Å². The smallest absolute Gasteiger partial charge is 0.0678 e. The number of rotatable bonds is 7. The standard InChI is InChI=1S/C21H30Cl2S/c1-8-16-11-12-17(19(23)18(16)22)20(14(2)3)24-15(4)10-9-13-21(5,6)7/h11-12H,4,8-10,13H2,1-3,5-7H3. The van der Waals surface area contributed by atoms with Gasteiger partial charge in [0.05, 0.1) is 10.0 Å². The van der Waals surface area contributed by atoms with Gasteiger partial charge in [0.25, 0.3) is 0 Å². The molecule has 24 heavy (non-hydrogen) atoms. The predicted molar refractivity (Wildman–Crippen MR) is 114 cm³/mol. The largest absolute Gasteiger partial charge is 0.0946 e. The molecule has 134 valence electrons. The van der Waals surface area contributed by atoms with Crippen molar-refractivity contribution >= 4 is 39.9 Å². The molecular weight excluding hydrogens is 355 g/mol. The van der Waals surface area contributed by atoms with Crippen LogP contribution in [0.1, 0.15) is 71.9 Å². The topological polar surface area (TPSA) is 0 Å². The van der Waals surface area contributed by atoms with Crippen LogP contribution in [0.2, 0.25) is 10.0 Å². The summed E-state index contributed by atoms with van der Waals surface area (Å²) in [6.45, 7) is 17.4. The maximum atomic E-state index is 6.55. The minimum atomic E-state index is 0.372. The number of hydrogen-bond donors (Lipinski definition) is 0. The monoisotopic (exact) mass is 384 g/mol. The zero-order valence-electron chi connectivity index (χ0n) is 15.9. The molecule has 0 nitrogen and oxygen atoms in total. The van der Waals surface area contributed by atoms with Gasteiger partial charge in [-0.15, -0.1) is 0 Å². The number of aryl methyl sites for hydroxylation is 1. The number of hydrogen-bond acceptors (Lipinski definition) is 1. The van der Waals surface area contributed by atoms with Crippen molar-refractivity contribution < 1.29 is 0 Å². The van der Waals surface area contributed by atoms with Crippen molar-refractivity contribution in [3.63, 3.8) is 0 Å². The van der Waals surface area contributed by atoms with E-state index in [4.69, 9.17) is 23.2 Å². The van der Waals surface area contributed by atoms with Gasteiger partial charge in [0, 0.05) is 10.5 Å². The molecule has 3 heteroatoms. The fourth-order valence-corrected chi connectivity index (χ4v) is 4.13. The normalized spacial score (nSPS) is 11.5. The van der Waals surface area contributed by atoms with Crippen molar-refractivity contribution in [1.29, 1.82) is 0 Å². The minimum Gasteiger partial charge on any atom is -0.0946 e. The first kappa shape index (κ1) is 21.7. The summed E-state index contributed by atoms with van der Waals surface area (Å²) in [4.78, 5) is 2.35. The molecule has 0 spiro atoms. The van der Waals surface area contributed by atoms with Gasteiger partial charge in [-0.1, -0.05) is 86.9 Å². The van der Waals surface area contributed by atoms with Crippen molar-refractivity contribution in [1.82, 2.24) is 0 Å². The van der Waals surface area contributed by atoms with Crippen LogP contribution >= 0.6 is 35.0 Å². The highest BCUT2D eigenvalue weighted by Gasteiger charge is 2.16. The second kappa shape index (κ2) is 9.36. The Balaban J connectivity index is 2.92. The second-order valence-corrected chi connectivity index (χ2v) is 9.58. The highest BCUT2D eigenvalue weighted by atomic mass is 35.5. The van der Waals surface area contributed by atoms with Crippen LogP contribution in [-0.4, -0.2) is 0 Å². The van der Waals surface area contributed by atoms with Crippen LogP contribution in [0.3, 0.4) is 0 Å². The number of benzene rings is 1. The fraction of sp³-hybridized carbons (Fsp3) is 0.524. The lowest BCUT2D eigenvalue weighted by Gasteiger charge is -2.19. The lowest BCUT2D eigenvalue weighted by atomic mass is 9.90. The molecule has 0 fully saturated rings. The van der Waals surface area contributed by atoms with E-state index in [2.05, 4.69) is 60.3 Å². The lowest BCUT2D eigenvalue weighted by molar-refractivity contribution is 0.366. The molecule has 0 heterocycles. The summed E-state index contributed by atoms with van der Waals surface area (Å²) in [6, 6.07) is 4.17. The quantitative estimate of drug-likeness (QED) is 0.452. The first-order valence-corrected chi connectivity index (χ1v) is 10.1. The molecule has 1 aromatic carbocycles. The predicted octanol–water partition coefficient (Wildman–Crippen LogP) is 8.77. The van der Waals surface area contributed by atoms with Gasteiger partial charge in [-0.2, -0.15) is 0 Å². The summed E-state index contributed by atoms with van der Waals surface area (Å²) in [5, 5.41) is 1.33. The average Bonchev–Trinajstić information content (AvgIpc) is 2.46. The summed E-state index contributed by atoms with van der Waals surface area (Å²) in [7, 11) is 0. The lowest BCUT2D eigenvalue weighted by Crippen LogP contribution is -2.04. The molecule has 0 atom stereocenters. The molecule has 0 radical (unpaired) electrons. The molecule has 0 aliphatic rings. The van der Waals surface area contributed by atoms with E-state index in [1.165, 1.54) is 21.8 Å². The van der Waals surface area contributed by atoms with Crippen LogP contribution in [-0.2, 0) is 6.42 Å². The summed E-state index contributed by atoms with van der Waals surface area (Å²) in [5.74, 6) is 0. The van der Waals surface area contributed by atoms with Gasteiger partial charge in [0.15, 0.2) is 0 Å². The Bertz CT molecular complexity index is 617. The van der Waals surface area contributed by atoms with Gasteiger partial charge in [0.1, 0.15) is 0 Å². The van der Waals surface area contributed by atoms with E-state index in [1.54, 1.807) is 11.8 Å². The maximum Gasteiger partial charge on any atom is 0.0678 e. The molecule has 0 unspecified atom stereocenters. The Morgan fingerprint density at radius 3 is 2.25 bits per heavy atom. The first-order valence-electron chi connectivity index (χ1n) is 8.57. The van der Waals surface area contributed by atoms with Gasteiger partial charge in [-0.05, 0) is 55.4 Å². The summed E-state index contributed by atoms with van der Waals surface area (Å²) in [5.41, 5.74) is 3.71. The zero-order valence-corrected chi connectivity index (χ0v) is 18.2. The van der Waals surface area contributed by atoms with E-state index < -0.39 is 0 Å². The van der Waals surface area contributed by atoms with E-state index in [9.17, 15) is 0 Å². The van der Waals surface area contributed by atoms with E-state index in [0.29, 0.717) is 15.5 Å². The van der Waals surface area contributed by atoms with E-state index >= 15 is 0 Å². The van der Waals surface area contributed by atoms with Gasteiger partial charge >= 0.3 is 0 Å². The molecular formula is C21H30Cl2S. The number of thioether (sulfide) groups is 1. The highest BCUT2D eigenvalue weighted by molar-refractivity contribution is 8.11. The van der Waals surface area contributed by atoms with Gasteiger partial charge < -0.3 is 0 Å². The summed E-state index contributed by atoms with van der Waals surface area (Å²) >= 11 is 14.7. The average molecular weight is 385 g/mol. The third-order valence-electron chi connectivity index (χ3n) is 3.87. The second-order valence-electron chi connectivity index (χ2n) is 7.64. The molecule has 0 saturated carbocycles. The highest BCUT2D eigenvalue weighted by Crippen LogP contribution is 2.43. The third kappa shape index (κ3) is 6.50. The molecule has 0 aliphatic heterocycles. The van der Waals surface area contributed by atoms with Crippen LogP contribution in [0.15, 0.2) is 29.2 Å². The van der Waals surface area contributed by atoms with Gasteiger partial charge in [-0.3, -0.25) is 0 Å². The zero-order chi connectivity index (χ0) is 18.5.